The number of aliphatic imine (C=N–C) groups is 1. The number of nitrogens with two attached hydrogens (primary N) is 2. The zero-order valence-corrected chi connectivity index (χ0v) is 34.6. The maximum absolute atomic E-state index is 14.2. The second-order valence-corrected chi connectivity index (χ2v) is 15.2. The summed E-state index contributed by atoms with van der Waals surface area (Å²) in [5.41, 5.74) is 12.2. The van der Waals surface area contributed by atoms with E-state index in [9.17, 15) is 43.8 Å². The number of phenols is 1. The van der Waals surface area contributed by atoms with Gasteiger partial charge in [-0.1, -0.05) is 56.3 Å². The molecule has 2 aromatic rings. The molecule has 1 unspecified atom stereocenters. The largest absolute Gasteiger partial charge is 0.508 e. The van der Waals surface area contributed by atoms with Crippen LogP contribution in [0.4, 0.5) is 4.79 Å². The molecule has 19 heteroatoms. The molecular weight excluding hydrogens is 777 g/mol. The van der Waals surface area contributed by atoms with E-state index in [1.807, 2.05) is 30.3 Å². The number of phenolic OH excluding ortho intramolecular Hbond substituents is 1. The van der Waals surface area contributed by atoms with Crippen LogP contribution in [-0.2, 0) is 41.6 Å². The lowest BCUT2D eigenvalue weighted by molar-refractivity contribution is -0.142. The number of hydrogen-bond donors (Lipinski definition) is 10. The van der Waals surface area contributed by atoms with Crippen LogP contribution in [0.2, 0.25) is 0 Å². The zero-order valence-electron chi connectivity index (χ0n) is 34.6. The Labute approximate surface area is 349 Å². The van der Waals surface area contributed by atoms with E-state index in [1.54, 1.807) is 26.0 Å². The lowest BCUT2D eigenvalue weighted by Crippen LogP contribution is -2.60. The minimum Gasteiger partial charge on any atom is -0.508 e. The summed E-state index contributed by atoms with van der Waals surface area (Å²) in [7, 11) is 1.42. The Morgan fingerprint density at radius 2 is 1.55 bits per heavy atom. The molecule has 0 radical (unpaired) electrons. The van der Waals surface area contributed by atoms with Crippen molar-refractivity contribution in [2.45, 2.75) is 108 Å². The summed E-state index contributed by atoms with van der Waals surface area (Å²) in [6, 6.07) is 7.41. The quantitative estimate of drug-likeness (QED) is 0.0728. The number of nitrogens with zero attached hydrogens (tertiary/aromatic N) is 2. The van der Waals surface area contributed by atoms with Crippen molar-refractivity contribution in [2.24, 2.45) is 22.4 Å². The number of amides is 7. The van der Waals surface area contributed by atoms with Gasteiger partial charge >= 0.3 is 12.0 Å². The standard InChI is InChI=1S/C41H60N10O9/c1-24(2)33-37(56)46-30(20-17-26-15-18-28(52)19-16-26)38(57)51(4)25(3)34(53)47-32(23-27-11-6-5-7-12-27)35(54)44-21-9-8-13-29(36(55)50-33)48-41(60)49-31(39(58)59)14-10-22-45-40(42)43/h5-7,11-12,15-16,18-19,24-25,29-33,52H,8-10,13-14,17,20-23H2,1-4H3,(H,44,54)(H,46,56)(H,47,53)(H,50,55)(H,58,59)(H4,42,43,45)(H2,48,49,60)/t25-,29+,30?,31-,32-,33-/m0/s1. The molecule has 6 atom stereocenters. The molecule has 0 spiro atoms. The SMILES string of the molecule is CC(C)[C@@H]1NC(=O)[C@H](NC(=O)N[C@@H](CCCN=C(N)N)C(=O)O)CCCCNC(=O)[C@H](Cc2ccccc2)NC(=O)[C@H](C)N(C)C(=O)C(CCc2ccc(O)cc2)NC1=O. The van der Waals surface area contributed by atoms with Crippen molar-refractivity contribution in [3.8, 4) is 5.75 Å². The number of urea groups is 1. The Bertz CT molecular complexity index is 1810. The van der Waals surface area contributed by atoms with Crippen LogP contribution in [-0.4, -0.2) is 119 Å². The van der Waals surface area contributed by atoms with E-state index in [0.29, 0.717) is 12.8 Å². The molecule has 60 heavy (non-hydrogen) atoms. The van der Waals surface area contributed by atoms with E-state index < -0.39 is 83.7 Å². The summed E-state index contributed by atoms with van der Waals surface area (Å²) in [5, 5.41) is 35.5. The van der Waals surface area contributed by atoms with E-state index in [-0.39, 0.29) is 63.3 Å². The second kappa shape index (κ2) is 23.9. The van der Waals surface area contributed by atoms with Gasteiger partial charge in [-0.3, -0.25) is 29.0 Å². The Balaban J connectivity index is 1.95. The highest BCUT2D eigenvalue weighted by Gasteiger charge is 2.35. The predicted octanol–water partition coefficient (Wildman–Crippen LogP) is -0.000500. The number of aliphatic carboxylic acids is 1. The van der Waals surface area contributed by atoms with Crippen molar-refractivity contribution in [1.82, 2.24) is 36.8 Å². The van der Waals surface area contributed by atoms with Crippen LogP contribution in [0.5, 0.6) is 5.75 Å². The summed E-state index contributed by atoms with van der Waals surface area (Å²) in [5.74, 6) is -5.05. The first kappa shape index (κ1) is 48.0. The fraction of sp³-hybridized carbons (Fsp3) is 0.512. The number of hydrogen-bond acceptors (Lipinski definition) is 9. The highest BCUT2D eigenvalue weighted by atomic mass is 16.4. The number of carboxylic acids is 1. The maximum atomic E-state index is 14.2. The van der Waals surface area contributed by atoms with Crippen LogP contribution in [0.3, 0.4) is 0 Å². The number of nitrogens with one attached hydrogen (secondary N) is 6. The normalized spacial score (nSPS) is 21.8. The van der Waals surface area contributed by atoms with Crippen LogP contribution in [0.1, 0.15) is 70.4 Å². The van der Waals surface area contributed by atoms with Gasteiger partial charge in [-0.25, -0.2) is 9.59 Å². The van der Waals surface area contributed by atoms with Gasteiger partial charge in [-0.05, 0) is 81.0 Å². The molecule has 0 saturated carbocycles. The van der Waals surface area contributed by atoms with Crippen LogP contribution in [0, 0.1) is 5.92 Å². The molecule has 0 aliphatic carbocycles. The number of aromatic hydroxyl groups is 1. The second-order valence-electron chi connectivity index (χ2n) is 15.2. The minimum atomic E-state index is -1.34. The number of carbonyl (C=O) groups excluding carboxylic acids is 6. The van der Waals surface area contributed by atoms with Crippen LogP contribution >= 0.6 is 0 Å². The molecule has 3 rings (SSSR count). The number of guanidine groups is 1. The van der Waals surface area contributed by atoms with E-state index >= 15 is 0 Å². The Kier molecular flexibility index (Phi) is 19.1. The third-order valence-corrected chi connectivity index (χ3v) is 10.1. The molecule has 7 amide bonds. The molecule has 328 valence electrons. The molecule has 2 aromatic carbocycles. The van der Waals surface area contributed by atoms with Crippen LogP contribution < -0.4 is 43.4 Å². The van der Waals surface area contributed by atoms with Gasteiger partial charge in [0.15, 0.2) is 5.96 Å². The zero-order chi connectivity index (χ0) is 44.4. The van der Waals surface area contributed by atoms with E-state index in [1.165, 1.54) is 31.0 Å². The summed E-state index contributed by atoms with van der Waals surface area (Å²) >= 11 is 0. The molecule has 0 bridgehead atoms. The summed E-state index contributed by atoms with van der Waals surface area (Å²) in [6.45, 7) is 5.17. The topological polar surface area (TPSA) is 300 Å². The number of likely N-dealkylation sites (N-methyl/N-ethyl adjacent to an activating group) is 1. The Hall–Kier alpha value is -6.40. The van der Waals surface area contributed by atoms with Crippen molar-refractivity contribution >= 4 is 47.5 Å². The third kappa shape index (κ3) is 15.7. The number of aryl methyl sites for hydroxylation is 1. The lowest BCUT2D eigenvalue weighted by atomic mass is 9.99. The summed E-state index contributed by atoms with van der Waals surface area (Å²) < 4.78 is 0. The van der Waals surface area contributed by atoms with Crippen molar-refractivity contribution in [3.05, 3.63) is 65.7 Å². The lowest BCUT2D eigenvalue weighted by Gasteiger charge is -2.31. The highest BCUT2D eigenvalue weighted by molar-refractivity contribution is 5.96. The molecule has 0 aromatic heterocycles. The number of benzene rings is 2. The third-order valence-electron chi connectivity index (χ3n) is 10.1. The molecule has 19 nitrogen and oxygen atoms in total. The molecule has 1 saturated heterocycles. The van der Waals surface area contributed by atoms with Crippen molar-refractivity contribution < 1.29 is 43.8 Å². The smallest absolute Gasteiger partial charge is 0.326 e. The molecular formula is C41H60N10O9. The van der Waals surface area contributed by atoms with E-state index in [4.69, 9.17) is 11.5 Å². The van der Waals surface area contributed by atoms with Gasteiger partial charge in [-0.2, -0.15) is 0 Å². The van der Waals surface area contributed by atoms with Crippen LogP contribution in [0.15, 0.2) is 59.6 Å². The number of rotatable bonds is 13. The monoisotopic (exact) mass is 836 g/mol. The average Bonchev–Trinajstić information content (AvgIpc) is 3.20. The maximum Gasteiger partial charge on any atom is 0.326 e. The first-order chi connectivity index (χ1) is 28.5. The van der Waals surface area contributed by atoms with Crippen LogP contribution in [0.25, 0.3) is 0 Å². The van der Waals surface area contributed by atoms with Gasteiger partial charge in [0.25, 0.3) is 0 Å². The first-order valence-electron chi connectivity index (χ1n) is 20.1. The fourth-order valence-corrected chi connectivity index (χ4v) is 6.44. The van der Waals surface area contributed by atoms with Gasteiger partial charge < -0.3 is 58.5 Å². The molecule has 1 fully saturated rings. The van der Waals surface area contributed by atoms with Gasteiger partial charge in [-0.15, -0.1) is 0 Å². The van der Waals surface area contributed by atoms with Crippen molar-refractivity contribution in [1.29, 1.82) is 0 Å². The average molecular weight is 837 g/mol. The van der Waals surface area contributed by atoms with Crippen molar-refractivity contribution in [2.75, 3.05) is 20.1 Å². The Morgan fingerprint density at radius 1 is 0.883 bits per heavy atom. The molecule has 12 N–H and O–H groups in total. The van der Waals surface area contributed by atoms with Crippen molar-refractivity contribution in [3.63, 3.8) is 0 Å². The number of carbonyl (C=O) groups is 7. The summed E-state index contributed by atoms with van der Waals surface area (Å²) in [4.78, 5) is 99.6. The summed E-state index contributed by atoms with van der Waals surface area (Å²) in [6.07, 6.45) is 1.41. The van der Waals surface area contributed by atoms with Gasteiger partial charge in [0.2, 0.25) is 29.5 Å². The van der Waals surface area contributed by atoms with E-state index in [0.717, 1.165) is 11.1 Å². The minimum absolute atomic E-state index is 0.0159. The number of carboxylic acid groups (broad SMARTS) is 1. The van der Waals surface area contributed by atoms with E-state index in [2.05, 4.69) is 36.9 Å². The Morgan fingerprint density at radius 3 is 2.18 bits per heavy atom. The van der Waals surface area contributed by atoms with Gasteiger partial charge in [0.05, 0.1) is 0 Å². The van der Waals surface area contributed by atoms with Gasteiger partial charge in [0.1, 0.15) is 42.0 Å². The first-order valence-corrected chi connectivity index (χ1v) is 20.1. The predicted molar refractivity (Wildman–Crippen MR) is 223 cm³/mol. The molecule has 1 heterocycles. The van der Waals surface area contributed by atoms with Gasteiger partial charge in [0, 0.05) is 26.6 Å². The molecule has 1 aliphatic heterocycles. The fourth-order valence-electron chi connectivity index (χ4n) is 6.44. The molecule has 1 aliphatic rings. The highest BCUT2D eigenvalue weighted by Crippen LogP contribution is 2.15.